The summed E-state index contributed by atoms with van der Waals surface area (Å²) in [5, 5.41) is 20.9. The van der Waals surface area contributed by atoms with E-state index in [0.717, 1.165) is 16.8 Å². The van der Waals surface area contributed by atoms with E-state index < -0.39 is 0 Å². The first-order valence-electron chi connectivity index (χ1n) is 11.5. The predicted octanol–water partition coefficient (Wildman–Crippen LogP) is 7.05. The van der Waals surface area contributed by atoms with E-state index in [1.54, 1.807) is 18.3 Å². The molecule has 5 aromatic rings. The van der Waals surface area contributed by atoms with Gasteiger partial charge in [-0.05, 0) is 37.3 Å². The molecule has 0 bridgehead atoms. The van der Waals surface area contributed by atoms with Crippen LogP contribution in [0.25, 0.3) is 33.9 Å². The lowest BCUT2D eigenvalue weighted by Crippen LogP contribution is -2.04. The molecule has 2 aromatic carbocycles. The molecule has 3 aromatic heterocycles. The zero-order valence-corrected chi connectivity index (χ0v) is 21.7. The Bertz CT molecular complexity index is 1700. The second-order valence-electron chi connectivity index (χ2n) is 8.30. The number of thioether (sulfide) groups is 1. The van der Waals surface area contributed by atoms with Gasteiger partial charge >= 0.3 is 0 Å². The number of aromatic nitrogens is 3. The van der Waals surface area contributed by atoms with Crippen molar-refractivity contribution in [1.82, 2.24) is 15.0 Å². The molecule has 0 aliphatic carbocycles. The Morgan fingerprint density at radius 3 is 2.26 bits per heavy atom. The molecule has 38 heavy (non-hydrogen) atoms. The molecule has 184 valence electrons. The molecule has 0 aliphatic heterocycles. The SMILES string of the molecule is Cc1ccc(-c2c(C#N)c(N)nc(SCc3nc(-c4ccc(Cl)cc4)oc3-c3ccccc3)c2C#N)cn1. The van der Waals surface area contributed by atoms with E-state index in [1.165, 1.54) is 11.8 Å². The van der Waals surface area contributed by atoms with Crippen molar-refractivity contribution in [2.45, 2.75) is 17.7 Å². The van der Waals surface area contributed by atoms with Crippen molar-refractivity contribution in [2.24, 2.45) is 0 Å². The molecule has 0 spiro atoms. The van der Waals surface area contributed by atoms with E-state index in [1.807, 2.05) is 61.5 Å². The summed E-state index contributed by atoms with van der Waals surface area (Å²) in [5.41, 5.74) is 10.8. The van der Waals surface area contributed by atoms with Crippen molar-refractivity contribution in [1.29, 1.82) is 10.5 Å². The Morgan fingerprint density at radius 2 is 1.61 bits per heavy atom. The van der Waals surface area contributed by atoms with Crippen molar-refractivity contribution < 1.29 is 4.42 Å². The van der Waals surface area contributed by atoms with Gasteiger partial charge in [-0.1, -0.05) is 59.8 Å². The topological polar surface area (TPSA) is 125 Å². The lowest BCUT2D eigenvalue weighted by Gasteiger charge is -2.12. The predicted molar refractivity (Wildman–Crippen MR) is 148 cm³/mol. The third-order valence-corrected chi connectivity index (χ3v) is 7.02. The van der Waals surface area contributed by atoms with Crippen LogP contribution in [0.2, 0.25) is 5.02 Å². The zero-order valence-electron chi connectivity index (χ0n) is 20.1. The van der Waals surface area contributed by atoms with Crippen LogP contribution in [-0.2, 0) is 5.75 Å². The molecule has 0 aliphatic rings. The number of nitrogens with two attached hydrogens (primary N) is 1. The Morgan fingerprint density at radius 1 is 0.895 bits per heavy atom. The van der Waals surface area contributed by atoms with Gasteiger partial charge in [0.15, 0.2) is 5.76 Å². The van der Waals surface area contributed by atoms with Crippen LogP contribution >= 0.6 is 23.4 Å². The number of aryl methyl sites for hydroxylation is 1. The van der Waals surface area contributed by atoms with E-state index >= 15 is 0 Å². The summed E-state index contributed by atoms with van der Waals surface area (Å²) >= 11 is 7.36. The smallest absolute Gasteiger partial charge is 0.227 e. The maximum absolute atomic E-state index is 10.1. The number of nitriles is 2. The average Bonchev–Trinajstić information content (AvgIpc) is 3.37. The van der Waals surface area contributed by atoms with E-state index in [2.05, 4.69) is 22.1 Å². The van der Waals surface area contributed by atoms with Crippen molar-refractivity contribution in [3.8, 4) is 46.0 Å². The molecule has 5 rings (SSSR count). The van der Waals surface area contributed by atoms with Gasteiger partial charge in [0.1, 0.15) is 28.5 Å². The molecule has 0 saturated heterocycles. The highest BCUT2D eigenvalue weighted by molar-refractivity contribution is 7.98. The summed E-state index contributed by atoms with van der Waals surface area (Å²) < 4.78 is 6.21. The van der Waals surface area contributed by atoms with Gasteiger partial charge in [-0.3, -0.25) is 4.98 Å². The molecule has 0 radical (unpaired) electrons. The van der Waals surface area contributed by atoms with E-state index in [9.17, 15) is 10.5 Å². The van der Waals surface area contributed by atoms with Crippen LogP contribution in [0.3, 0.4) is 0 Å². The van der Waals surface area contributed by atoms with Crippen LogP contribution in [-0.4, -0.2) is 15.0 Å². The lowest BCUT2D eigenvalue weighted by molar-refractivity contribution is 0.588. The molecule has 0 saturated carbocycles. The van der Waals surface area contributed by atoms with Crippen LogP contribution in [0.4, 0.5) is 5.82 Å². The van der Waals surface area contributed by atoms with Crippen LogP contribution in [0.5, 0.6) is 0 Å². The van der Waals surface area contributed by atoms with Crippen molar-refractivity contribution in [2.75, 3.05) is 5.73 Å². The molecule has 0 amide bonds. The third kappa shape index (κ3) is 4.96. The molecule has 0 unspecified atom stereocenters. The number of oxazole rings is 1. The summed E-state index contributed by atoms with van der Waals surface area (Å²) in [6.07, 6.45) is 1.63. The highest BCUT2D eigenvalue weighted by Gasteiger charge is 2.23. The first-order valence-corrected chi connectivity index (χ1v) is 12.9. The molecule has 2 N–H and O–H groups in total. The Kier molecular flexibility index (Phi) is 7.10. The van der Waals surface area contributed by atoms with E-state index in [-0.39, 0.29) is 16.9 Å². The number of pyridine rings is 2. The minimum atomic E-state index is 0.0508. The number of hydrogen-bond donors (Lipinski definition) is 1. The molecular weight excluding hydrogens is 516 g/mol. The molecule has 7 nitrogen and oxygen atoms in total. The summed E-state index contributed by atoms with van der Waals surface area (Å²) in [4.78, 5) is 13.5. The van der Waals surface area contributed by atoms with E-state index in [0.29, 0.717) is 44.3 Å². The Hall–Kier alpha value is -4.63. The summed E-state index contributed by atoms with van der Waals surface area (Å²) in [5.74, 6) is 1.47. The minimum absolute atomic E-state index is 0.0508. The lowest BCUT2D eigenvalue weighted by atomic mass is 9.98. The molecule has 9 heteroatoms. The second kappa shape index (κ2) is 10.8. The van der Waals surface area contributed by atoms with Crippen molar-refractivity contribution in [3.05, 3.63) is 100 Å². The number of halogens is 1. The number of hydrogen-bond acceptors (Lipinski definition) is 8. The van der Waals surface area contributed by atoms with Gasteiger partial charge in [-0.15, -0.1) is 0 Å². The largest absolute Gasteiger partial charge is 0.436 e. The van der Waals surface area contributed by atoms with Crippen LogP contribution in [0, 0.1) is 29.6 Å². The van der Waals surface area contributed by atoms with E-state index in [4.69, 9.17) is 26.7 Å². The summed E-state index contributed by atoms with van der Waals surface area (Å²) in [6, 6.07) is 24.9. The van der Waals surface area contributed by atoms with Gasteiger partial charge in [0.25, 0.3) is 0 Å². The fourth-order valence-corrected chi connectivity index (χ4v) is 4.97. The number of nitrogen functional groups attached to an aromatic ring is 1. The van der Waals surface area contributed by atoms with Crippen molar-refractivity contribution >= 4 is 29.2 Å². The van der Waals surface area contributed by atoms with Crippen LogP contribution in [0.15, 0.2) is 82.4 Å². The Labute approximate surface area is 228 Å². The molecule has 0 fully saturated rings. The molecular formula is C29H19ClN6OS. The fourth-order valence-electron chi connectivity index (χ4n) is 3.92. The summed E-state index contributed by atoms with van der Waals surface area (Å²) in [7, 11) is 0. The van der Waals surface area contributed by atoms with Gasteiger partial charge in [0, 0.05) is 44.9 Å². The number of nitrogens with zero attached hydrogens (tertiary/aromatic N) is 5. The fraction of sp³-hybridized carbons (Fsp3) is 0.0690. The maximum Gasteiger partial charge on any atom is 0.227 e. The standard InChI is InChI=1S/C29H19ClN6OS/c1-17-7-8-20(15-34-17)25-22(13-31)27(33)36-29(23(25)14-32)38-16-24-26(18-5-3-2-4-6-18)37-28(35-24)19-9-11-21(30)12-10-19/h2-12,15H,16H2,1H3,(H2,33,36). The first-order chi connectivity index (χ1) is 18.5. The third-order valence-electron chi connectivity index (χ3n) is 5.79. The highest BCUT2D eigenvalue weighted by Crippen LogP contribution is 2.38. The van der Waals surface area contributed by atoms with Gasteiger partial charge in [-0.25, -0.2) is 9.97 Å². The minimum Gasteiger partial charge on any atom is -0.436 e. The second-order valence-corrected chi connectivity index (χ2v) is 9.70. The zero-order chi connectivity index (χ0) is 26.6. The monoisotopic (exact) mass is 534 g/mol. The quantitative estimate of drug-likeness (QED) is 0.230. The first kappa shape index (κ1) is 25.0. The normalized spacial score (nSPS) is 10.6. The average molecular weight is 535 g/mol. The number of benzene rings is 2. The number of anilines is 1. The van der Waals surface area contributed by atoms with Crippen LogP contribution in [0.1, 0.15) is 22.5 Å². The maximum atomic E-state index is 10.1. The van der Waals surface area contributed by atoms with Crippen LogP contribution < -0.4 is 5.73 Å². The van der Waals surface area contributed by atoms with Crippen molar-refractivity contribution in [3.63, 3.8) is 0 Å². The number of rotatable bonds is 6. The van der Waals surface area contributed by atoms with Gasteiger partial charge < -0.3 is 10.2 Å². The molecule has 3 heterocycles. The van der Waals surface area contributed by atoms with Gasteiger partial charge in [0.2, 0.25) is 5.89 Å². The summed E-state index contributed by atoms with van der Waals surface area (Å²) in [6.45, 7) is 1.86. The van der Waals surface area contributed by atoms with Gasteiger partial charge in [-0.2, -0.15) is 10.5 Å². The highest BCUT2D eigenvalue weighted by atomic mass is 35.5. The Balaban J connectivity index is 1.57. The van der Waals surface area contributed by atoms with Gasteiger partial charge in [0.05, 0.1) is 11.3 Å². The molecule has 0 atom stereocenters.